The Bertz CT molecular complexity index is 1050. The number of rotatable bonds is 46. The summed E-state index contributed by atoms with van der Waals surface area (Å²) in [4.78, 5) is 43.1. The van der Waals surface area contributed by atoms with Crippen LogP contribution in [0.1, 0.15) is 251 Å². The number of phosphoric ester groups is 1. The van der Waals surface area contributed by atoms with Gasteiger partial charge in [0.25, 0.3) is 0 Å². The number of phosphoric acid groups is 1. The van der Waals surface area contributed by atoms with E-state index in [-0.39, 0.29) is 19.4 Å². The summed E-state index contributed by atoms with van der Waals surface area (Å²) in [7, 11) is -4.76. The van der Waals surface area contributed by atoms with E-state index in [4.69, 9.17) is 19.3 Å². The zero-order valence-corrected chi connectivity index (χ0v) is 39.3. The molecule has 1 atom stereocenters. The predicted molar refractivity (Wildman–Crippen MR) is 248 cm³/mol. The number of carbonyl (C=O) groups is 2. The first-order valence-corrected chi connectivity index (χ1v) is 26.3. The molecular formula is C50H93O8P. The van der Waals surface area contributed by atoms with E-state index < -0.39 is 32.5 Å². The largest absolute Gasteiger partial charge is 0.469 e. The lowest BCUT2D eigenvalue weighted by molar-refractivity contribution is -0.161. The van der Waals surface area contributed by atoms with Crippen molar-refractivity contribution >= 4 is 19.8 Å². The van der Waals surface area contributed by atoms with Crippen LogP contribution >= 0.6 is 7.82 Å². The van der Waals surface area contributed by atoms with Gasteiger partial charge in [0.05, 0.1) is 6.61 Å². The van der Waals surface area contributed by atoms with Crippen LogP contribution in [0.5, 0.6) is 0 Å². The summed E-state index contributed by atoms with van der Waals surface area (Å²) in [5, 5.41) is 0. The first kappa shape index (κ1) is 57.3. The second-order valence-electron chi connectivity index (χ2n) is 16.8. The highest BCUT2D eigenvalue weighted by atomic mass is 31.2. The molecule has 0 bridgehead atoms. The molecular weight excluding hydrogens is 760 g/mol. The Balaban J connectivity index is 3.83. The predicted octanol–water partition coefficient (Wildman–Crippen LogP) is 15.7. The Morgan fingerprint density at radius 3 is 1.14 bits per heavy atom. The minimum Gasteiger partial charge on any atom is -0.462 e. The third-order valence-electron chi connectivity index (χ3n) is 10.9. The summed E-state index contributed by atoms with van der Waals surface area (Å²) in [6.07, 6.45) is 55.8. The van der Waals surface area contributed by atoms with Crippen LogP contribution in [0.15, 0.2) is 36.5 Å². The fraction of sp³-hybridized carbons (Fsp3) is 0.840. The Hall–Kier alpha value is -1.73. The number of ether oxygens (including phenoxy) is 2. The summed E-state index contributed by atoms with van der Waals surface area (Å²) in [5.74, 6) is -0.883. The first-order chi connectivity index (χ1) is 28.8. The monoisotopic (exact) mass is 853 g/mol. The molecule has 0 amide bonds. The minimum atomic E-state index is -4.76. The molecule has 0 aliphatic heterocycles. The van der Waals surface area contributed by atoms with Gasteiger partial charge in [0.1, 0.15) is 6.61 Å². The van der Waals surface area contributed by atoms with Gasteiger partial charge >= 0.3 is 19.8 Å². The maximum atomic E-state index is 12.5. The topological polar surface area (TPSA) is 119 Å². The molecule has 0 rings (SSSR count). The van der Waals surface area contributed by atoms with Gasteiger partial charge in [-0.25, -0.2) is 4.57 Å². The van der Waals surface area contributed by atoms with Gasteiger partial charge in [0.2, 0.25) is 0 Å². The molecule has 0 aromatic carbocycles. The van der Waals surface area contributed by atoms with Crippen molar-refractivity contribution in [2.45, 2.75) is 258 Å². The second kappa shape index (κ2) is 45.8. The molecule has 9 heteroatoms. The third-order valence-corrected chi connectivity index (χ3v) is 11.4. The van der Waals surface area contributed by atoms with Crippen molar-refractivity contribution < 1.29 is 37.9 Å². The zero-order valence-electron chi connectivity index (χ0n) is 38.4. The van der Waals surface area contributed by atoms with Crippen LogP contribution in [0.3, 0.4) is 0 Å². The van der Waals surface area contributed by atoms with Gasteiger partial charge in [0.15, 0.2) is 6.10 Å². The lowest BCUT2D eigenvalue weighted by Gasteiger charge is -2.18. The Morgan fingerprint density at radius 2 is 0.763 bits per heavy atom. The Morgan fingerprint density at radius 1 is 0.441 bits per heavy atom. The molecule has 0 saturated heterocycles. The maximum absolute atomic E-state index is 12.5. The first-order valence-electron chi connectivity index (χ1n) is 24.8. The van der Waals surface area contributed by atoms with E-state index in [0.29, 0.717) is 6.42 Å². The highest BCUT2D eigenvalue weighted by Gasteiger charge is 2.23. The number of unbranched alkanes of at least 4 members (excludes halogenated alkanes) is 30. The molecule has 0 radical (unpaired) electrons. The van der Waals surface area contributed by atoms with Crippen molar-refractivity contribution in [3.63, 3.8) is 0 Å². The van der Waals surface area contributed by atoms with E-state index in [1.54, 1.807) is 0 Å². The molecule has 346 valence electrons. The lowest BCUT2D eigenvalue weighted by atomic mass is 10.0. The molecule has 0 saturated carbocycles. The van der Waals surface area contributed by atoms with Crippen molar-refractivity contribution in [2.75, 3.05) is 13.2 Å². The molecule has 1 unspecified atom stereocenters. The summed E-state index contributed by atoms with van der Waals surface area (Å²) in [6, 6.07) is 0. The van der Waals surface area contributed by atoms with Crippen LogP contribution in [0.2, 0.25) is 0 Å². The van der Waals surface area contributed by atoms with Crippen LogP contribution in [0.25, 0.3) is 0 Å². The number of carbonyl (C=O) groups excluding carboxylic acids is 2. The van der Waals surface area contributed by atoms with Crippen molar-refractivity contribution in [1.29, 1.82) is 0 Å². The average Bonchev–Trinajstić information content (AvgIpc) is 3.21. The number of hydrogen-bond donors (Lipinski definition) is 2. The van der Waals surface area contributed by atoms with Crippen molar-refractivity contribution in [2.24, 2.45) is 0 Å². The van der Waals surface area contributed by atoms with Gasteiger partial charge in [-0.15, -0.1) is 0 Å². The highest BCUT2D eigenvalue weighted by molar-refractivity contribution is 7.46. The van der Waals surface area contributed by atoms with E-state index in [0.717, 1.165) is 57.8 Å². The highest BCUT2D eigenvalue weighted by Crippen LogP contribution is 2.36. The normalized spacial score (nSPS) is 12.7. The Kier molecular flexibility index (Phi) is 44.4. The van der Waals surface area contributed by atoms with Crippen LogP contribution in [0, 0.1) is 0 Å². The van der Waals surface area contributed by atoms with Crippen molar-refractivity contribution in [3.05, 3.63) is 36.5 Å². The summed E-state index contributed by atoms with van der Waals surface area (Å²) >= 11 is 0. The van der Waals surface area contributed by atoms with Gasteiger partial charge in [-0.3, -0.25) is 14.1 Å². The Labute approximate surface area is 363 Å². The molecule has 2 N–H and O–H groups in total. The zero-order chi connectivity index (χ0) is 43.2. The van der Waals surface area contributed by atoms with E-state index in [2.05, 4.69) is 54.8 Å². The molecule has 0 spiro atoms. The fourth-order valence-corrected chi connectivity index (χ4v) is 7.53. The van der Waals surface area contributed by atoms with E-state index in [1.165, 1.54) is 161 Å². The van der Waals surface area contributed by atoms with Crippen LogP contribution < -0.4 is 0 Å². The van der Waals surface area contributed by atoms with Crippen molar-refractivity contribution in [3.8, 4) is 0 Å². The summed E-state index contributed by atoms with van der Waals surface area (Å²) in [5.41, 5.74) is 0. The quantitative estimate of drug-likeness (QED) is 0.0269. The molecule has 0 aliphatic rings. The summed E-state index contributed by atoms with van der Waals surface area (Å²) < 4.78 is 26.5. The minimum absolute atomic E-state index is 0.210. The molecule has 0 aromatic rings. The molecule has 0 heterocycles. The smallest absolute Gasteiger partial charge is 0.462 e. The van der Waals surface area contributed by atoms with Crippen molar-refractivity contribution in [1.82, 2.24) is 0 Å². The molecule has 0 fully saturated rings. The summed E-state index contributed by atoms with van der Waals surface area (Å²) in [6.45, 7) is 3.70. The second-order valence-corrected chi connectivity index (χ2v) is 18.0. The van der Waals surface area contributed by atoms with Gasteiger partial charge in [-0.1, -0.05) is 204 Å². The lowest BCUT2D eigenvalue weighted by Crippen LogP contribution is -2.29. The van der Waals surface area contributed by atoms with E-state index in [1.807, 2.05) is 0 Å². The van der Waals surface area contributed by atoms with Gasteiger partial charge in [-0.05, 0) is 70.6 Å². The maximum Gasteiger partial charge on any atom is 0.469 e. The van der Waals surface area contributed by atoms with E-state index >= 15 is 0 Å². The molecule has 0 aromatic heterocycles. The van der Waals surface area contributed by atoms with E-state index in [9.17, 15) is 14.2 Å². The van der Waals surface area contributed by atoms with Crippen LogP contribution in [-0.2, 0) is 28.2 Å². The number of hydrogen-bond acceptors (Lipinski definition) is 6. The fourth-order valence-electron chi connectivity index (χ4n) is 7.16. The van der Waals surface area contributed by atoms with Crippen LogP contribution in [0.4, 0.5) is 0 Å². The average molecular weight is 853 g/mol. The van der Waals surface area contributed by atoms with Gasteiger partial charge < -0.3 is 19.3 Å². The number of esters is 2. The molecule has 59 heavy (non-hydrogen) atoms. The molecule has 8 nitrogen and oxygen atoms in total. The number of allylic oxidation sites excluding steroid dienone is 6. The van der Waals surface area contributed by atoms with Gasteiger partial charge in [-0.2, -0.15) is 0 Å². The molecule has 0 aliphatic carbocycles. The van der Waals surface area contributed by atoms with Gasteiger partial charge in [0, 0.05) is 12.8 Å². The van der Waals surface area contributed by atoms with Crippen LogP contribution in [-0.4, -0.2) is 41.0 Å². The standard InChI is InChI=1S/C50H93O8P/c1-3-5-7-9-11-13-15-17-19-21-23-24-25-26-27-29-31-33-35-37-39-41-43-45-50(52)58-48(47-57-59(53,54)55)46-56-49(51)44-42-40-38-36-34-32-30-28-22-20-18-16-14-12-10-8-6-4-2/h15,17,20-23,48H,3-14,16,18-19,24-47H2,1-2H3,(H2,53,54,55)/b17-15-,22-20-,23-21-. The SMILES string of the molecule is CCCCCCC/C=C\C/C=C\CCCCCCCCCCCCCC(=O)OC(COC(=O)CCCCCCCCC/C=C\CCCCCCCCC)COP(=O)(O)O. The third kappa shape index (κ3) is 48.8.